The van der Waals surface area contributed by atoms with Crippen LogP contribution in [0.15, 0.2) is 24.3 Å². The zero-order chi connectivity index (χ0) is 16.3. The van der Waals surface area contributed by atoms with Gasteiger partial charge in [-0.1, -0.05) is 6.07 Å². The molecule has 1 heterocycles. The molecule has 118 valence electrons. The zero-order valence-corrected chi connectivity index (χ0v) is 12.6. The number of nitrogens with zero attached hydrogens (tertiary/aromatic N) is 2. The van der Waals surface area contributed by atoms with Gasteiger partial charge in [-0.15, -0.1) is 0 Å². The van der Waals surface area contributed by atoms with Crippen molar-refractivity contribution in [3.05, 3.63) is 41.2 Å². The standard InChI is InChI=1S/C15H17F2N3O2/c1-9-4-5-13(22-3)11(6-9)18-14(21)8-20-12(15(16)17)7-10(2)19-20/h4-7,15H,8H2,1-3H3,(H,18,21). The van der Waals surface area contributed by atoms with Crippen molar-refractivity contribution in [1.82, 2.24) is 9.78 Å². The summed E-state index contributed by atoms with van der Waals surface area (Å²) in [6.07, 6.45) is -2.68. The van der Waals surface area contributed by atoms with E-state index in [0.717, 1.165) is 10.2 Å². The van der Waals surface area contributed by atoms with Gasteiger partial charge in [0, 0.05) is 0 Å². The third kappa shape index (κ3) is 3.60. The summed E-state index contributed by atoms with van der Waals surface area (Å²) in [6, 6.07) is 6.60. The molecule has 0 radical (unpaired) electrons. The van der Waals surface area contributed by atoms with Gasteiger partial charge in [0.2, 0.25) is 5.91 Å². The van der Waals surface area contributed by atoms with Crippen molar-refractivity contribution in [2.75, 3.05) is 12.4 Å². The molecule has 2 aromatic rings. The lowest BCUT2D eigenvalue weighted by atomic mass is 10.2. The number of anilines is 1. The molecule has 1 aromatic heterocycles. The van der Waals surface area contributed by atoms with Crippen molar-refractivity contribution in [1.29, 1.82) is 0 Å². The maximum Gasteiger partial charge on any atom is 0.280 e. The molecule has 0 unspecified atom stereocenters. The predicted octanol–water partition coefficient (Wildman–Crippen LogP) is 3.08. The Labute approximate surface area is 126 Å². The minimum atomic E-state index is -2.68. The number of nitrogens with one attached hydrogen (secondary N) is 1. The van der Waals surface area contributed by atoms with Gasteiger partial charge < -0.3 is 10.1 Å². The number of halogens is 2. The lowest BCUT2D eigenvalue weighted by Crippen LogP contribution is -2.21. The van der Waals surface area contributed by atoms with Gasteiger partial charge >= 0.3 is 0 Å². The summed E-state index contributed by atoms with van der Waals surface area (Å²) in [7, 11) is 1.49. The van der Waals surface area contributed by atoms with E-state index in [2.05, 4.69) is 10.4 Å². The highest BCUT2D eigenvalue weighted by Crippen LogP contribution is 2.25. The van der Waals surface area contributed by atoms with Crippen molar-refractivity contribution in [3.8, 4) is 5.75 Å². The van der Waals surface area contributed by atoms with E-state index in [1.165, 1.54) is 13.2 Å². The van der Waals surface area contributed by atoms with Gasteiger partial charge in [0.15, 0.2) is 0 Å². The number of amides is 1. The summed E-state index contributed by atoms with van der Waals surface area (Å²) in [5.41, 5.74) is 1.61. The number of carbonyl (C=O) groups excluding carboxylic acids is 1. The molecule has 0 aliphatic carbocycles. The summed E-state index contributed by atoms with van der Waals surface area (Å²) in [5, 5.41) is 6.57. The van der Waals surface area contributed by atoms with Crippen molar-refractivity contribution < 1.29 is 18.3 Å². The zero-order valence-electron chi connectivity index (χ0n) is 12.6. The molecule has 0 atom stereocenters. The Hall–Kier alpha value is -2.44. The second kappa shape index (κ2) is 6.55. The van der Waals surface area contributed by atoms with E-state index in [0.29, 0.717) is 17.1 Å². The first-order valence-corrected chi connectivity index (χ1v) is 6.67. The van der Waals surface area contributed by atoms with Crippen LogP contribution in [0.1, 0.15) is 23.4 Å². The number of benzene rings is 1. The fourth-order valence-corrected chi connectivity index (χ4v) is 2.11. The van der Waals surface area contributed by atoms with Crippen LogP contribution in [0, 0.1) is 13.8 Å². The van der Waals surface area contributed by atoms with Gasteiger partial charge in [-0.25, -0.2) is 8.78 Å². The number of rotatable bonds is 5. The Morgan fingerprint density at radius 3 is 2.73 bits per heavy atom. The van der Waals surface area contributed by atoms with E-state index in [9.17, 15) is 13.6 Å². The number of carbonyl (C=O) groups is 1. The van der Waals surface area contributed by atoms with Gasteiger partial charge in [-0.05, 0) is 37.6 Å². The van der Waals surface area contributed by atoms with E-state index >= 15 is 0 Å². The summed E-state index contributed by atoms with van der Waals surface area (Å²) < 4.78 is 31.9. The molecule has 0 bridgehead atoms. The van der Waals surface area contributed by atoms with E-state index in [-0.39, 0.29) is 12.2 Å². The van der Waals surface area contributed by atoms with Crippen LogP contribution in [-0.4, -0.2) is 22.8 Å². The van der Waals surface area contributed by atoms with Crippen molar-refractivity contribution in [2.24, 2.45) is 0 Å². The first-order valence-electron chi connectivity index (χ1n) is 6.67. The normalized spacial score (nSPS) is 10.8. The number of alkyl halides is 2. The third-order valence-corrected chi connectivity index (χ3v) is 3.08. The van der Waals surface area contributed by atoms with Gasteiger partial charge in [0.25, 0.3) is 6.43 Å². The molecule has 0 aliphatic rings. The molecule has 2 rings (SSSR count). The predicted molar refractivity (Wildman–Crippen MR) is 78.3 cm³/mol. The molecule has 1 N–H and O–H groups in total. The van der Waals surface area contributed by atoms with Crippen LogP contribution in [0.25, 0.3) is 0 Å². The Bertz CT molecular complexity index is 683. The average Bonchev–Trinajstić information content (AvgIpc) is 2.80. The summed E-state index contributed by atoms with van der Waals surface area (Å²) in [5.74, 6) is 0.0542. The molecule has 0 saturated carbocycles. The number of hydrogen-bond donors (Lipinski definition) is 1. The lowest BCUT2D eigenvalue weighted by Gasteiger charge is -2.12. The number of methoxy groups -OCH3 is 1. The molecule has 22 heavy (non-hydrogen) atoms. The second-order valence-corrected chi connectivity index (χ2v) is 4.92. The van der Waals surface area contributed by atoms with Crippen LogP contribution in [0.3, 0.4) is 0 Å². The number of aryl methyl sites for hydroxylation is 2. The molecule has 0 aliphatic heterocycles. The minimum Gasteiger partial charge on any atom is -0.495 e. The first kappa shape index (κ1) is 15.9. The highest BCUT2D eigenvalue weighted by Gasteiger charge is 2.18. The van der Waals surface area contributed by atoms with Crippen LogP contribution in [0.2, 0.25) is 0 Å². The fourth-order valence-electron chi connectivity index (χ4n) is 2.11. The molecule has 5 nitrogen and oxygen atoms in total. The van der Waals surface area contributed by atoms with E-state index in [1.807, 2.05) is 13.0 Å². The molecule has 1 amide bonds. The minimum absolute atomic E-state index is 0.274. The quantitative estimate of drug-likeness (QED) is 0.923. The third-order valence-electron chi connectivity index (χ3n) is 3.08. The number of ether oxygens (including phenoxy) is 1. The lowest BCUT2D eigenvalue weighted by molar-refractivity contribution is -0.117. The van der Waals surface area contributed by atoms with E-state index in [4.69, 9.17) is 4.74 Å². The maximum atomic E-state index is 12.9. The van der Waals surface area contributed by atoms with Crippen LogP contribution in [0.5, 0.6) is 5.75 Å². The van der Waals surface area contributed by atoms with Gasteiger partial charge in [-0.3, -0.25) is 9.48 Å². The number of aromatic nitrogens is 2. The van der Waals surface area contributed by atoms with E-state index < -0.39 is 12.3 Å². The van der Waals surface area contributed by atoms with Crippen molar-refractivity contribution in [3.63, 3.8) is 0 Å². The Balaban J connectivity index is 2.16. The topological polar surface area (TPSA) is 56.1 Å². The highest BCUT2D eigenvalue weighted by molar-refractivity contribution is 5.92. The Kier molecular flexibility index (Phi) is 4.75. The van der Waals surface area contributed by atoms with Crippen molar-refractivity contribution >= 4 is 11.6 Å². The molecule has 0 spiro atoms. The first-order chi connectivity index (χ1) is 10.4. The van der Waals surface area contributed by atoms with Crippen LogP contribution < -0.4 is 10.1 Å². The summed E-state index contributed by atoms with van der Waals surface area (Å²) in [6.45, 7) is 3.19. The smallest absolute Gasteiger partial charge is 0.280 e. The SMILES string of the molecule is COc1ccc(C)cc1NC(=O)Cn1nc(C)cc1C(F)F. The molecular formula is C15H17F2N3O2. The number of hydrogen-bond acceptors (Lipinski definition) is 3. The highest BCUT2D eigenvalue weighted by atomic mass is 19.3. The van der Waals surface area contributed by atoms with Gasteiger partial charge in [0.05, 0.1) is 18.5 Å². The van der Waals surface area contributed by atoms with E-state index in [1.54, 1.807) is 19.1 Å². The maximum absolute atomic E-state index is 12.9. The van der Waals surface area contributed by atoms with Crippen LogP contribution in [0.4, 0.5) is 14.5 Å². The summed E-state index contributed by atoms with van der Waals surface area (Å²) >= 11 is 0. The molecule has 7 heteroatoms. The van der Waals surface area contributed by atoms with Crippen LogP contribution >= 0.6 is 0 Å². The Morgan fingerprint density at radius 2 is 2.09 bits per heavy atom. The molecule has 0 fully saturated rings. The molecule has 1 aromatic carbocycles. The summed E-state index contributed by atoms with van der Waals surface area (Å²) in [4.78, 5) is 12.1. The molecular weight excluding hydrogens is 292 g/mol. The fraction of sp³-hybridized carbons (Fsp3) is 0.333. The largest absolute Gasteiger partial charge is 0.495 e. The Morgan fingerprint density at radius 1 is 1.36 bits per heavy atom. The van der Waals surface area contributed by atoms with Crippen molar-refractivity contribution in [2.45, 2.75) is 26.8 Å². The van der Waals surface area contributed by atoms with Gasteiger partial charge in [-0.2, -0.15) is 5.10 Å². The molecule has 0 saturated heterocycles. The second-order valence-electron chi connectivity index (χ2n) is 4.92. The van der Waals surface area contributed by atoms with Crippen LogP contribution in [-0.2, 0) is 11.3 Å². The average molecular weight is 309 g/mol. The monoisotopic (exact) mass is 309 g/mol. The van der Waals surface area contributed by atoms with Gasteiger partial charge in [0.1, 0.15) is 18.0 Å².